The largest absolute Gasteiger partial charge is 0.611 e. The van der Waals surface area contributed by atoms with Crippen molar-refractivity contribution >= 4 is 34.7 Å². The Morgan fingerprint density at radius 1 is 1.21 bits per heavy atom. The first kappa shape index (κ1) is 22.9. The molecule has 0 spiro atoms. The molecular weight excluding hydrogens is 475 g/mol. The third-order valence-corrected chi connectivity index (χ3v) is 7.54. The molecule has 1 saturated carbocycles. The van der Waals surface area contributed by atoms with Crippen LogP contribution in [0.2, 0.25) is 0 Å². The summed E-state index contributed by atoms with van der Waals surface area (Å²) in [6, 6.07) is 1.85. The van der Waals surface area contributed by atoms with Crippen LogP contribution in [0.5, 0.6) is 0 Å². The fraction of sp³-hybridized carbons (Fsp3) is 0.550. The molecule has 4 heterocycles. The van der Waals surface area contributed by atoms with E-state index in [1.54, 1.807) is 6.20 Å². The number of aromatic nitrogens is 4. The lowest BCUT2D eigenvalue weighted by Crippen LogP contribution is -2.47. The van der Waals surface area contributed by atoms with Gasteiger partial charge in [-0.25, -0.2) is 19.7 Å². The van der Waals surface area contributed by atoms with Crippen molar-refractivity contribution < 1.29 is 27.3 Å². The fourth-order valence-electron chi connectivity index (χ4n) is 4.01. The van der Waals surface area contributed by atoms with E-state index in [0.29, 0.717) is 73.5 Å². The van der Waals surface area contributed by atoms with E-state index >= 15 is 0 Å². The second-order valence-corrected chi connectivity index (χ2v) is 9.98. The lowest BCUT2D eigenvalue weighted by Gasteiger charge is -2.35. The lowest BCUT2D eigenvalue weighted by atomic mass is 10.2. The number of anilines is 3. The maximum absolute atomic E-state index is 12.6. The topological polar surface area (TPSA) is 119 Å². The number of nitrogens with one attached hydrogen (secondary N) is 1. The van der Waals surface area contributed by atoms with Crippen LogP contribution in [0.15, 0.2) is 23.5 Å². The maximum Gasteiger partial charge on any atom is 0.490 e. The molecular formula is C20H22F3N7O3S. The van der Waals surface area contributed by atoms with Gasteiger partial charge in [0, 0.05) is 38.8 Å². The predicted molar refractivity (Wildman–Crippen MR) is 116 cm³/mol. The molecule has 182 valence electrons. The van der Waals surface area contributed by atoms with Crippen LogP contribution in [-0.4, -0.2) is 80.7 Å². The van der Waals surface area contributed by atoms with Crippen molar-refractivity contribution in [3.8, 4) is 0 Å². The number of halogens is 3. The highest BCUT2D eigenvalue weighted by Crippen LogP contribution is 2.42. The van der Waals surface area contributed by atoms with Crippen LogP contribution in [0, 0.1) is 0 Å². The quantitative estimate of drug-likeness (QED) is 0.462. The number of aryl methyl sites for hydroxylation is 1. The van der Waals surface area contributed by atoms with Gasteiger partial charge in [0.15, 0.2) is 5.82 Å². The van der Waals surface area contributed by atoms with E-state index in [2.05, 4.69) is 34.9 Å². The molecule has 0 amide bonds. The van der Waals surface area contributed by atoms with Gasteiger partial charge in [0.05, 0.1) is 5.54 Å². The molecule has 0 bridgehead atoms. The van der Waals surface area contributed by atoms with E-state index in [0.717, 1.165) is 5.82 Å². The van der Waals surface area contributed by atoms with Crippen LogP contribution in [-0.2, 0) is 27.1 Å². The Kier molecular flexibility index (Phi) is 5.88. The molecule has 10 nitrogen and oxygen atoms in total. The maximum atomic E-state index is 12.6. The summed E-state index contributed by atoms with van der Waals surface area (Å²) in [4.78, 5) is 33.3. The van der Waals surface area contributed by atoms with E-state index < -0.39 is 35.5 Å². The van der Waals surface area contributed by atoms with Crippen molar-refractivity contribution in [3.63, 3.8) is 0 Å². The van der Waals surface area contributed by atoms with Crippen LogP contribution in [0.3, 0.4) is 0 Å². The van der Waals surface area contributed by atoms with Gasteiger partial charge in [-0.15, -0.1) is 0 Å². The highest BCUT2D eigenvalue weighted by molar-refractivity contribution is 7.91. The number of esters is 1. The first-order chi connectivity index (χ1) is 16.2. The number of piperazine rings is 1. The average Bonchev–Trinajstić information content (AvgIpc) is 3.49. The first-order valence-electron chi connectivity index (χ1n) is 10.8. The molecule has 1 saturated heterocycles. The summed E-state index contributed by atoms with van der Waals surface area (Å²) in [7, 11) is 0. The number of carbonyl (C=O) groups is 1. The second-order valence-electron chi connectivity index (χ2n) is 8.47. The molecule has 1 atom stereocenters. The Labute approximate surface area is 196 Å². The summed E-state index contributed by atoms with van der Waals surface area (Å²) >= 11 is -1.30. The summed E-state index contributed by atoms with van der Waals surface area (Å²) in [5, 5.41) is 3.14. The minimum Gasteiger partial charge on any atom is -0.611 e. The van der Waals surface area contributed by atoms with Crippen molar-refractivity contribution in [3.05, 3.63) is 24.3 Å². The molecule has 1 aliphatic carbocycles. The number of rotatable bonds is 6. The monoisotopic (exact) mass is 497 g/mol. The Morgan fingerprint density at radius 2 is 1.94 bits per heavy atom. The SMILES string of the molecule is O=C(OCC1(Nc2nc(N3CCN(c4ccncn4)CC3)nc3c2[S+]([O-])CC3)CC1)C(F)(F)F. The molecule has 14 heteroatoms. The van der Waals surface area contributed by atoms with Crippen molar-refractivity contribution in [2.75, 3.05) is 53.7 Å². The number of carbonyl (C=O) groups excluding carboxylic acids is 1. The minimum absolute atomic E-state index is 0.342. The number of hydrogen-bond donors (Lipinski definition) is 1. The molecule has 0 radical (unpaired) electrons. The van der Waals surface area contributed by atoms with Crippen LogP contribution < -0.4 is 15.1 Å². The van der Waals surface area contributed by atoms with Crippen LogP contribution >= 0.6 is 0 Å². The third kappa shape index (κ3) is 4.69. The highest BCUT2D eigenvalue weighted by atomic mass is 32.2. The van der Waals surface area contributed by atoms with Crippen LogP contribution in [0.4, 0.5) is 30.8 Å². The standard InChI is InChI=1S/C20H22F3N7O3S/c21-20(22,23)17(31)33-11-19(3-4-19)28-16-15-13(2-10-34(15)32)26-18(27-16)30-8-6-29(7-9-30)14-1-5-24-12-25-14/h1,5,12H,2-4,6-11H2,(H,26,27,28). The van der Waals surface area contributed by atoms with Gasteiger partial charge in [-0.2, -0.15) is 18.2 Å². The van der Waals surface area contributed by atoms with Gasteiger partial charge in [0.2, 0.25) is 10.8 Å². The zero-order valence-corrected chi connectivity index (χ0v) is 18.9. The smallest absolute Gasteiger partial charge is 0.490 e. The molecule has 1 N–H and O–H groups in total. The summed E-state index contributed by atoms with van der Waals surface area (Å²) in [5.74, 6) is -0.148. The zero-order chi connectivity index (χ0) is 23.9. The predicted octanol–water partition coefficient (Wildman–Crippen LogP) is 1.31. The van der Waals surface area contributed by atoms with Gasteiger partial charge in [0.25, 0.3) is 0 Å². The van der Waals surface area contributed by atoms with Crippen LogP contribution in [0.25, 0.3) is 0 Å². The van der Waals surface area contributed by atoms with Gasteiger partial charge >= 0.3 is 12.1 Å². The molecule has 34 heavy (non-hydrogen) atoms. The van der Waals surface area contributed by atoms with Crippen molar-refractivity contribution in [2.24, 2.45) is 0 Å². The van der Waals surface area contributed by atoms with Gasteiger partial charge in [0.1, 0.15) is 30.2 Å². The first-order valence-corrected chi connectivity index (χ1v) is 12.1. The van der Waals surface area contributed by atoms with E-state index in [-0.39, 0.29) is 0 Å². The fourth-order valence-corrected chi connectivity index (χ4v) is 5.32. The molecule has 1 unspecified atom stereocenters. The lowest BCUT2D eigenvalue weighted by molar-refractivity contribution is -0.200. The second kappa shape index (κ2) is 8.73. The Balaban J connectivity index is 1.32. The number of nitrogens with zero attached hydrogens (tertiary/aromatic N) is 6. The minimum atomic E-state index is -5.05. The summed E-state index contributed by atoms with van der Waals surface area (Å²) < 4.78 is 54.7. The molecule has 0 aromatic carbocycles. The Morgan fingerprint density at radius 3 is 2.59 bits per heavy atom. The number of ether oxygens (including phenoxy) is 1. The molecule has 2 aromatic rings. The molecule has 2 fully saturated rings. The van der Waals surface area contributed by atoms with Crippen molar-refractivity contribution in [1.29, 1.82) is 0 Å². The van der Waals surface area contributed by atoms with Crippen molar-refractivity contribution in [2.45, 2.75) is 35.9 Å². The molecule has 2 aliphatic heterocycles. The zero-order valence-electron chi connectivity index (χ0n) is 18.0. The number of fused-ring (bicyclic) bond motifs is 1. The average molecular weight is 498 g/mol. The van der Waals surface area contributed by atoms with E-state index in [4.69, 9.17) is 0 Å². The molecule has 5 rings (SSSR count). The third-order valence-electron chi connectivity index (χ3n) is 6.08. The Hall–Kier alpha value is -2.87. The number of hydrogen-bond acceptors (Lipinski definition) is 10. The molecule has 3 aliphatic rings. The van der Waals surface area contributed by atoms with Gasteiger partial charge in [-0.05, 0) is 30.1 Å². The van der Waals surface area contributed by atoms with Gasteiger partial charge < -0.3 is 24.4 Å². The van der Waals surface area contributed by atoms with Gasteiger partial charge in [-0.3, -0.25) is 0 Å². The normalized spacial score (nSPS) is 21.2. The van der Waals surface area contributed by atoms with E-state index in [1.807, 2.05) is 11.0 Å². The summed E-state index contributed by atoms with van der Waals surface area (Å²) in [6.07, 6.45) is -0.301. The Bertz CT molecular complexity index is 1060. The van der Waals surface area contributed by atoms with E-state index in [9.17, 15) is 22.5 Å². The van der Waals surface area contributed by atoms with Crippen molar-refractivity contribution in [1.82, 2.24) is 19.9 Å². The number of alkyl halides is 3. The van der Waals surface area contributed by atoms with Gasteiger partial charge in [-0.1, -0.05) is 0 Å². The molecule has 2 aromatic heterocycles. The van der Waals surface area contributed by atoms with Crippen LogP contribution in [0.1, 0.15) is 18.5 Å². The van der Waals surface area contributed by atoms with E-state index in [1.165, 1.54) is 6.33 Å². The highest BCUT2D eigenvalue weighted by Gasteiger charge is 2.49. The summed E-state index contributed by atoms with van der Waals surface area (Å²) in [5.41, 5.74) is -0.175. The summed E-state index contributed by atoms with van der Waals surface area (Å²) in [6.45, 7) is 2.23.